The summed E-state index contributed by atoms with van der Waals surface area (Å²) in [6.07, 6.45) is 5.66. The summed E-state index contributed by atoms with van der Waals surface area (Å²) in [7, 11) is 3.53. The maximum Gasteiger partial charge on any atom is 0.272 e. The summed E-state index contributed by atoms with van der Waals surface area (Å²) in [4.78, 5) is 36.7. The van der Waals surface area contributed by atoms with Crippen molar-refractivity contribution >= 4 is 22.8 Å². The molecule has 3 aromatic rings. The third-order valence-electron chi connectivity index (χ3n) is 6.29. The van der Waals surface area contributed by atoms with E-state index in [-0.39, 0.29) is 17.7 Å². The standard InChI is InChI=1S/C23H26N6O2/c1-24-22(30)16-12-18(14-8-9-14)26-21-19(16)20(27-28(21)2)15-6-5-11-29(13-15)23(31)17-7-3-4-10-25-17/h3-4,7,10,12,14-15H,5-6,8-9,11,13H2,1-2H3,(H,24,30). The number of piperidine rings is 1. The molecule has 8 nitrogen and oxygen atoms in total. The van der Waals surface area contributed by atoms with Crippen molar-refractivity contribution in [1.82, 2.24) is 30.0 Å². The summed E-state index contributed by atoms with van der Waals surface area (Å²) in [6.45, 7) is 1.25. The van der Waals surface area contributed by atoms with E-state index >= 15 is 0 Å². The second kappa shape index (κ2) is 7.76. The summed E-state index contributed by atoms with van der Waals surface area (Å²) in [5, 5.41) is 8.38. The molecule has 0 radical (unpaired) electrons. The molecule has 160 valence electrons. The molecule has 2 fully saturated rings. The molecule has 1 aliphatic heterocycles. The summed E-state index contributed by atoms with van der Waals surface area (Å²) in [5.41, 5.74) is 3.65. The van der Waals surface area contributed by atoms with Crippen LogP contribution in [0.15, 0.2) is 30.5 Å². The van der Waals surface area contributed by atoms with Gasteiger partial charge in [0.25, 0.3) is 11.8 Å². The molecule has 1 unspecified atom stereocenters. The number of aromatic nitrogens is 4. The second-order valence-corrected chi connectivity index (χ2v) is 8.46. The summed E-state index contributed by atoms with van der Waals surface area (Å²) >= 11 is 0. The molecule has 1 aliphatic carbocycles. The maximum atomic E-state index is 13.0. The van der Waals surface area contributed by atoms with Crippen molar-refractivity contribution in [1.29, 1.82) is 0 Å². The number of carbonyl (C=O) groups is 2. The third kappa shape index (κ3) is 3.56. The van der Waals surface area contributed by atoms with Gasteiger partial charge in [-0.2, -0.15) is 5.10 Å². The fourth-order valence-corrected chi connectivity index (χ4v) is 4.52. The molecule has 31 heavy (non-hydrogen) atoms. The fourth-order valence-electron chi connectivity index (χ4n) is 4.52. The molecule has 1 atom stereocenters. The Labute approximate surface area is 180 Å². The van der Waals surface area contributed by atoms with Gasteiger partial charge in [0.2, 0.25) is 0 Å². The van der Waals surface area contributed by atoms with E-state index in [1.807, 2.05) is 24.1 Å². The second-order valence-electron chi connectivity index (χ2n) is 8.46. The highest BCUT2D eigenvalue weighted by Crippen LogP contribution is 2.41. The quantitative estimate of drug-likeness (QED) is 0.703. The Morgan fingerprint density at radius 2 is 2.00 bits per heavy atom. The Kier molecular flexibility index (Phi) is 4.92. The van der Waals surface area contributed by atoms with Crippen LogP contribution in [0.25, 0.3) is 11.0 Å². The lowest BCUT2D eigenvalue weighted by Crippen LogP contribution is -2.39. The van der Waals surface area contributed by atoms with Gasteiger partial charge in [-0.05, 0) is 43.9 Å². The van der Waals surface area contributed by atoms with Gasteiger partial charge in [-0.1, -0.05) is 6.07 Å². The van der Waals surface area contributed by atoms with Crippen LogP contribution in [-0.4, -0.2) is 56.6 Å². The minimum Gasteiger partial charge on any atom is -0.355 e. The number of fused-ring (bicyclic) bond motifs is 1. The number of pyridine rings is 2. The molecule has 1 saturated carbocycles. The lowest BCUT2D eigenvalue weighted by molar-refractivity contribution is 0.0699. The Morgan fingerprint density at radius 1 is 1.16 bits per heavy atom. The van der Waals surface area contributed by atoms with Crippen LogP contribution in [-0.2, 0) is 7.05 Å². The van der Waals surface area contributed by atoms with E-state index in [0.717, 1.165) is 48.1 Å². The number of amides is 2. The van der Waals surface area contributed by atoms with Crippen LogP contribution in [0.2, 0.25) is 0 Å². The van der Waals surface area contributed by atoms with Crippen molar-refractivity contribution in [2.75, 3.05) is 20.1 Å². The van der Waals surface area contributed by atoms with Gasteiger partial charge in [0, 0.05) is 50.9 Å². The third-order valence-corrected chi connectivity index (χ3v) is 6.29. The Hall–Kier alpha value is -3.29. The molecule has 2 aliphatic rings. The van der Waals surface area contributed by atoms with Gasteiger partial charge in [-0.25, -0.2) is 4.98 Å². The van der Waals surface area contributed by atoms with Crippen molar-refractivity contribution in [3.8, 4) is 0 Å². The number of likely N-dealkylation sites (tertiary alicyclic amines) is 1. The zero-order chi connectivity index (χ0) is 21.5. The minimum absolute atomic E-state index is 0.0436. The first kappa shape index (κ1) is 19.7. The highest BCUT2D eigenvalue weighted by Gasteiger charge is 2.33. The number of carbonyl (C=O) groups excluding carboxylic acids is 2. The van der Waals surface area contributed by atoms with E-state index in [0.29, 0.717) is 30.3 Å². The molecular formula is C23H26N6O2. The van der Waals surface area contributed by atoms with Crippen LogP contribution in [0.5, 0.6) is 0 Å². The topological polar surface area (TPSA) is 93.0 Å². The molecular weight excluding hydrogens is 392 g/mol. The van der Waals surface area contributed by atoms with Crippen LogP contribution in [0.3, 0.4) is 0 Å². The van der Waals surface area contributed by atoms with Gasteiger partial charge in [0.15, 0.2) is 5.65 Å². The number of rotatable bonds is 4. The average molecular weight is 419 g/mol. The first-order valence-electron chi connectivity index (χ1n) is 10.9. The van der Waals surface area contributed by atoms with Crippen molar-refractivity contribution < 1.29 is 9.59 Å². The molecule has 0 aromatic carbocycles. The molecule has 0 spiro atoms. The van der Waals surface area contributed by atoms with E-state index in [1.54, 1.807) is 30.1 Å². The molecule has 3 aromatic heterocycles. The maximum absolute atomic E-state index is 13.0. The van der Waals surface area contributed by atoms with Crippen LogP contribution >= 0.6 is 0 Å². The zero-order valence-corrected chi connectivity index (χ0v) is 17.8. The molecule has 4 heterocycles. The number of hydrogen-bond donors (Lipinski definition) is 1. The summed E-state index contributed by atoms with van der Waals surface area (Å²) in [5.74, 6) is 0.293. The van der Waals surface area contributed by atoms with Gasteiger partial charge in [0.05, 0.1) is 16.6 Å². The Balaban J connectivity index is 1.53. The Morgan fingerprint density at radius 3 is 2.71 bits per heavy atom. The summed E-state index contributed by atoms with van der Waals surface area (Å²) in [6, 6.07) is 7.31. The van der Waals surface area contributed by atoms with Crippen LogP contribution < -0.4 is 5.32 Å². The fraction of sp³-hybridized carbons (Fsp3) is 0.435. The number of nitrogens with one attached hydrogen (secondary N) is 1. The van der Waals surface area contributed by atoms with Crippen LogP contribution in [0, 0.1) is 0 Å². The first-order valence-corrected chi connectivity index (χ1v) is 10.9. The zero-order valence-electron chi connectivity index (χ0n) is 17.8. The van der Waals surface area contributed by atoms with E-state index in [1.165, 1.54) is 0 Å². The van der Waals surface area contributed by atoms with Crippen LogP contribution in [0.4, 0.5) is 0 Å². The highest BCUT2D eigenvalue weighted by atomic mass is 16.2. The predicted molar refractivity (Wildman–Crippen MR) is 116 cm³/mol. The highest BCUT2D eigenvalue weighted by molar-refractivity contribution is 6.06. The molecule has 1 N–H and O–H groups in total. The smallest absolute Gasteiger partial charge is 0.272 e. The largest absolute Gasteiger partial charge is 0.355 e. The van der Waals surface area contributed by atoms with E-state index < -0.39 is 0 Å². The van der Waals surface area contributed by atoms with Gasteiger partial charge >= 0.3 is 0 Å². The Bertz CT molecular complexity index is 1150. The first-order chi connectivity index (χ1) is 15.1. The van der Waals surface area contributed by atoms with E-state index in [9.17, 15) is 9.59 Å². The normalized spacial score (nSPS) is 18.9. The minimum atomic E-state index is -0.124. The number of nitrogens with zero attached hydrogens (tertiary/aromatic N) is 5. The lowest BCUT2D eigenvalue weighted by atomic mass is 9.91. The lowest BCUT2D eigenvalue weighted by Gasteiger charge is -2.32. The van der Waals surface area contributed by atoms with E-state index in [4.69, 9.17) is 10.1 Å². The SMILES string of the molecule is CNC(=O)c1cc(C2CC2)nc2c1c(C1CCCN(C(=O)c3ccccn3)C1)nn2C. The predicted octanol–water partition coefficient (Wildman–Crippen LogP) is 2.62. The van der Waals surface area contributed by atoms with Crippen molar-refractivity contribution in [3.63, 3.8) is 0 Å². The van der Waals surface area contributed by atoms with E-state index in [2.05, 4.69) is 10.3 Å². The monoisotopic (exact) mass is 418 g/mol. The molecule has 5 rings (SSSR count). The van der Waals surface area contributed by atoms with Gasteiger partial charge in [-0.3, -0.25) is 19.3 Å². The average Bonchev–Trinajstić information content (AvgIpc) is 3.62. The molecule has 8 heteroatoms. The summed E-state index contributed by atoms with van der Waals surface area (Å²) < 4.78 is 1.78. The molecule has 1 saturated heterocycles. The van der Waals surface area contributed by atoms with Crippen molar-refractivity contribution in [2.24, 2.45) is 7.05 Å². The molecule has 2 amide bonds. The van der Waals surface area contributed by atoms with Crippen molar-refractivity contribution in [3.05, 3.63) is 53.1 Å². The van der Waals surface area contributed by atoms with Gasteiger partial charge < -0.3 is 10.2 Å². The number of hydrogen-bond acceptors (Lipinski definition) is 5. The molecule has 0 bridgehead atoms. The van der Waals surface area contributed by atoms with Gasteiger partial charge in [0.1, 0.15) is 5.69 Å². The number of aryl methyl sites for hydroxylation is 1. The van der Waals surface area contributed by atoms with Crippen molar-refractivity contribution in [2.45, 2.75) is 37.5 Å². The van der Waals surface area contributed by atoms with Gasteiger partial charge in [-0.15, -0.1) is 0 Å². The van der Waals surface area contributed by atoms with Crippen LogP contribution in [0.1, 0.15) is 69.8 Å².